The number of benzene rings is 1. The molecule has 1 heterocycles. The molecule has 0 saturated carbocycles. The summed E-state index contributed by atoms with van der Waals surface area (Å²) in [5.74, 6) is 0. The van der Waals surface area contributed by atoms with Crippen LogP contribution >= 0.6 is 0 Å². The second kappa shape index (κ2) is 6.24. The predicted molar refractivity (Wildman–Crippen MR) is 81.5 cm³/mol. The van der Waals surface area contributed by atoms with E-state index < -0.39 is 10.0 Å². The standard InChI is InChI=1S/C15H18N2O3S/c1-3-12-4-7-14(8-5-12)21(19,20)16-10-13-6-9-15(18)17(2)11-13/h4-9,11,16H,3,10H2,1-2H3. The topological polar surface area (TPSA) is 68.2 Å². The van der Waals surface area contributed by atoms with Gasteiger partial charge in [-0.3, -0.25) is 4.79 Å². The summed E-state index contributed by atoms with van der Waals surface area (Å²) in [5.41, 5.74) is 1.69. The van der Waals surface area contributed by atoms with Crippen LogP contribution in [0.3, 0.4) is 0 Å². The summed E-state index contributed by atoms with van der Waals surface area (Å²) in [5, 5.41) is 0. The summed E-state index contributed by atoms with van der Waals surface area (Å²) in [6.07, 6.45) is 2.48. The first-order valence-corrected chi connectivity index (χ1v) is 8.15. The van der Waals surface area contributed by atoms with E-state index in [9.17, 15) is 13.2 Å². The second-order valence-electron chi connectivity index (χ2n) is 4.81. The van der Waals surface area contributed by atoms with Gasteiger partial charge < -0.3 is 4.57 Å². The maximum atomic E-state index is 12.2. The Kier molecular flexibility index (Phi) is 4.59. The molecule has 0 amide bonds. The number of aromatic nitrogens is 1. The molecule has 112 valence electrons. The highest BCUT2D eigenvalue weighted by atomic mass is 32.2. The van der Waals surface area contributed by atoms with Crippen LogP contribution in [-0.2, 0) is 30.0 Å². The zero-order valence-electron chi connectivity index (χ0n) is 12.0. The van der Waals surface area contributed by atoms with Gasteiger partial charge >= 0.3 is 0 Å². The molecular weight excluding hydrogens is 288 g/mol. The van der Waals surface area contributed by atoms with Gasteiger partial charge in [0.15, 0.2) is 0 Å². The van der Waals surface area contributed by atoms with E-state index in [0.717, 1.165) is 17.5 Å². The lowest BCUT2D eigenvalue weighted by atomic mass is 10.2. The maximum Gasteiger partial charge on any atom is 0.250 e. The van der Waals surface area contributed by atoms with Gasteiger partial charge in [0, 0.05) is 25.9 Å². The van der Waals surface area contributed by atoms with E-state index in [1.54, 1.807) is 43.6 Å². The third kappa shape index (κ3) is 3.80. The molecule has 0 aliphatic rings. The molecule has 0 aliphatic heterocycles. The smallest absolute Gasteiger partial charge is 0.250 e. The largest absolute Gasteiger partial charge is 0.318 e. The normalized spacial score (nSPS) is 11.5. The number of rotatable bonds is 5. The SMILES string of the molecule is CCc1ccc(S(=O)(=O)NCc2ccc(=O)n(C)c2)cc1. The third-order valence-corrected chi connectivity index (χ3v) is 4.67. The molecule has 0 bridgehead atoms. The molecular formula is C15H18N2O3S. The van der Waals surface area contributed by atoms with E-state index in [-0.39, 0.29) is 17.0 Å². The van der Waals surface area contributed by atoms with Crippen LogP contribution in [-0.4, -0.2) is 13.0 Å². The van der Waals surface area contributed by atoms with Gasteiger partial charge in [-0.2, -0.15) is 0 Å². The lowest BCUT2D eigenvalue weighted by Crippen LogP contribution is -2.24. The highest BCUT2D eigenvalue weighted by molar-refractivity contribution is 7.89. The summed E-state index contributed by atoms with van der Waals surface area (Å²) in [4.78, 5) is 11.5. The van der Waals surface area contributed by atoms with Crippen molar-refractivity contribution < 1.29 is 8.42 Å². The van der Waals surface area contributed by atoms with Crippen LogP contribution in [0, 0.1) is 0 Å². The maximum absolute atomic E-state index is 12.2. The van der Waals surface area contributed by atoms with Gasteiger partial charge in [-0.05, 0) is 29.7 Å². The molecule has 1 aromatic carbocycles. The van der Waals surface area contributed by atoms with E-state index in [1.165, 1.54) is 10.6 Å². The Morgan fingerprint density at radius 2 is 1.67 bits per heavy atom. The number of hydrogen-bond donors (Lipinski definition) is 1. The molecule has 1 N–H and O–H groups in total. The zero-order chi connectivity index (χ0) is 15.5. The number of nitrogens with zero attached hydrogens (tertiary/aromatic N) is 1. The highest BCUT2D eigenvalue weighted by Gasteiger charge is 2.13. The van der Waals surface area contributed by atoms with Gasteiger partial charge in [0.2, 0.25) is 15.6 Å². The predicted octanol–water partition coefficient (Wildman–Crippen LogP) is 1.43. The summed E-state index contributed by atoms with van der Waals surface area (Å²) < 4.78 is 28.3. The molecule has 0 fully saturated rings. The van der Waals surface area contributed by atoms with E-state index >= 15 is 0 Å². The third-order valence-electron chi connectivity index (χ3n) is 3.26. The van der Waals surface area contributed by atoms with Crippen LogP contribution in [0.1, 0.15) is 18.1 Å². The molecule has 0 saturated heterocycles. The van der Waals surface area contributed by atoms with Gasteiger partial charge in [0.25, 0.3) is 0 Å². The first-order valence-electron chi connectivity index (χ1n) is 6.66. The van der Waals surface area contributed by atoms with Crippen LogP contribution in [0.15, 0.2) is 52.3 Å². The van der Waals surface area contributed by atoms with Crippen molar-refractivity contribution in [2.24, 2.45) is 7.05 Å². The Balaban J connectivity index is 2.13. The van der Waals surface area contributed by atoms with Crippen molar-refractivity contribution in [2.75, 3.05) is 0 Å². The minimum Gasteiger partial charge on any atom is -0.318 e. The van der Waals surface area contributed by atoms with E-state index in [2.05, 4.69) is 4.72 Å². The fourth-order valence-electron chi connectivity index (χ4n) is 1.92. The van der Waals surface area contributed by atoms with Crippen molar-refractivity contribution in [3.8, 4) is 0 Å². The monoisotopic (exact) mass is 306 g/mol. The van der Waals surface area contributed by atoms with E-state index in [4.69, 9.17) is 0 Å². The number of pyridine rings is 1. The first-order chi connectivity index (χ1) is 9.92. The van der Waals surface area contributed by atoms with E-state index in [0.29, 0.717) is 0 Å². The minimum atomic E-state index is -3.54. The quantitative estimate of drug-likeness (QED) is 0.908. The number of aryl methyl sites for hydroxylation is 2. The summed E-state index contributed by atoms with van der Waals surface area (Å²) in [6, 6.07) is 9.84. The van der Waals surface area contributed by atoms with Crippen LogP contribution in [0.2, 0.25) is 0 Å². The number of hydrogen-bond acceptors (Lipinski definition) is 3. The molecule has 0 radical (unpaired) electrons. The number of sulfonamides is 1. The molecule has 0 unspecified atom stereocenters. The molecule has 6 heteroatoms. The second-order valence-corrected chi connectivity index (χ2v) is 6.58. The van der Waals surface area contributed by atoms with Crippen molar-refractivity contribution in [3.05, 3.63) is 64.1 Å². The first kappa shape index (κ1) is 15.5. The molecule has 0 spiro atoms. The Bertz CT molecular complexity index is 777. The van der Waals surface area contributed by atoms with Gasteiger partial charge in [-0.1, -0.05) is 25.1 Å². The lowest BCUT2D eigenvalue weighted by molar-refractivity contribution is 0.581. The van der Waals surface area contributed by atoms with Crippen molar-refractivity contribution >= 4 is 10.0 Å². The fourth-order valence-corrected chi connectivity index (χ4v) is 2.94. The van der Waals surface area contributed by atoms with Crippen molar-refractivity contribution in [3.63, 3.8) is 0 Å². The molecule has 21 heavy (non-hydrogen) atoms. The Hall–Kier alpha value is -1.92. The Morgan fingerprint density at radius 3 is 2.24 bits per heavy atom. The van der Waals surface area contributed by atoms with Crippen LogP contribution in [0.4, 0.5) is 0 Å². The summed E-state index contributed by atoms with van der Waals surface area (Å²) in [7, 11) is -1.92. The zero-order valence-corrected chi connectivity index (χ0v) is 12.9. The fraction of sp³-hybridized carbons (Fsp3) is 0.267. The lowest BCUT2D eigenvalue weighted by Gasteiger charge is -2.08. The van der Waals surface area contributed by atoms with Gasteiger partial charge in [-0.15, -0.1) is 0 Å². The summed E-state index contributed by atoms with van der Waals surface area (Å²) in [6.45, 7) is 2.16. The van der Waals surface area contributed by atoms with Crippen molar-refractivity contribution in [2.45, 2.75) is 24.8 Å². The molecule has 0 aliphatic carbocycles. The average molecular weight is 306 g/mol. The Morgan fingerprint density at radius 1 is 1.05 bits per heavy atom. The highest BCUT2D eigenvalue weighted by Crippen LogP contribution is 2.11. The van der Waals surface area contributed by atoms with Gasteiger partial charge in [0.05, 0.1) is 4.90 Å². The van der Waals surface area contributed by atoms with Crippen molar-refractivity contribution in [1.82, 2.24) is 9.29 Å². The Labute approximate surface area is 124 Å². The van der Waals surface area contributed by atoms with Gasteiger partial charge in [0.1, 0.15) is 0 Å². The van der Waals surface area contributed by atoms with Crippen LogP contribution in [0.25, 0.3) is 0 Å². The van der Waals surface area contributed by atoms with Gasteiger partial charge in [-0.25, -0.2) is 13.1 Å². The average Bonchev–Trinajstić information content (AvgIpc) is 2.48. The molecule has 1 aromatic heterocycles. The molecule has 2 aromatic rings. The summed E-state index contributed by atoms with van der Waals surface area (Å²) >= 11 is 0. The van der Waals surface area contributed by atoms with Crippen LogP contribution in [0.5, 0.6) is 0 Å². The van der Waals surface area contributed by atoms with Crippen molar-refractivity contribution in [1.29, 1.82) is 0 Å². The number of nitrogens with one attached hydrogen (secondary N) is 1. The van der Waals surface area contributed by atoms with E-state index in [1.807, 2.05) is 6.92 Å². The molecule has 5 nitrogen and oxygen atoms in total. The van der Waals surface area contributed by atoms with Crippen LogP contribution < -0.4 is 10.3 Å². The minimum absolute atomic E-state index is 0.128. The molecule has 0 atom stereocenters. The molecule has 2 rings (SSSR count).